The third kappa shape index (κ3) is 2.79. The quantitative estimate of drug-likeness (QED) is 0.872. The minimum atomic E-state index is -0.288. The fourth-order valence-electron chi connectivity index (χ4n) is 3.70. The van der Waals surface area contributed by atoms with Crippen LogP contribution in [0.5, 0.6) is 0 Å². The molecule has 1 aromatic carbocycles. The molecule has 1 N–H and O–H groups in total. The molecule has 0 unspecified atom stereocenters. The molecule has 128 valence electrons. The molecule has 5 heteroatoms. The van der Waals surface area contributed by atoms with Gasteiger partial charge in [-0.05, 0) is 25.0 Å². The summed E-state index contributed by atoms with van der Waals surface area (Å²) in [6.45, 7) is 6.20. The van der Waals surface area contributed by atoms with Gasteiger partial charge >= 0.3 is 0 Å². The van der Waals surface area contributed by atoms with Gasteiger partial charge in [0.15, 0.2) is 0 Å². The summed E-state index contributed by atoms with van der Waals surface area (Å²) in [4.78, 5) is 24.2. The summed E-state index contributed by atoms with van der Waals surface area (Å²) in [6.07, 6.45) is 4.87. The van der Waals surface area contributed by atoms with E-state index < -0.39 is 0 Å². The Morgan fingerprint density at radius 1 is 1.12 bits per heavy atom. The first kappa shape index (κ1) is 16.6. The maximum atomic E-state index is 13.1. The molecule has 0 atom stereocenters. The Kier molecular flexibility index (Phi) is 4.35. The number of aromatic nitrogens is 2. The van der Waals surface area contributed by atoms with Crippen molar-refractivity contribution in [3.8, 4) is 5.69 Å². The molecule has 0 bridgehead atoms. The number of nitrogens with zero attached hydrogens (tertiary/aromatic N) is 2. The summed E-state index contributed by atoms with van der Waals surface area (Å²) in [5, 5.41) is 2.67. The third-order valence-electron chi connectivity index (χ3n) is 4.67. The Morgan fingerprint density at radius 3 is 2.29 bits per heavy atom. The van der Waals surface area contributed by atoms with E-state index in [9.17, 15) is 9.59 Å². The predicted molar refractivity (Wildman–Crippen MR) is 95.9 cm³/mol. The Labute approximate surface area is 142 Å². The minimum Gasteiger partial charge on any atom is -0.323 e. The standard InChI is InChI=1S/C19H25N3O2/c1-19(2,3)17-16(20-13-23)18(24)22(15-11-7-8-12-15)21(17)14-9-5-4-6-10-14/h4-6,9-10,13,15H,7-8,11-12H2,1-3H3,(H,20,23). The molecule has 1 aliphatic rings. The van der Waals surface area contributed by atoms with Crippen molar-refractivity contribution in [2.45, 2.75) is 57.9 Å². The Bertz CT molecular complexity index is 775. The predicted octanol–water partition coefficient (Wildman–Crippen LogP) is 3.62. The molecule has 1 heterocycles. The number of hydrogen-bond acceptors (Lipinski definition) is 2. The van der Waals surface area contributed by atoms with Gasteiger partial charge in [0.1, 0.15) is 5.69 Å². The largest absolute Gasteiger partial charge is 0.323 e. The minimum absolute atomic E-state index is 0.109. The van der Waals surface area contributed by atoms with Crippen LogP contribution < -0.4 is 10.9 Å². The highest BCUT2D eigenvalue weighted by Crippen LogP contribution is 2.35. The summed E-state index contributed by atoms with van der Waals surface area (Å²) in [5.74, 6) is 0. The van der Waals surface area contributed by atoms with Gasteiger partial charge in [0.05, 0.1) is 17.4 Å². The highest BCUT2D eigenvalue weighted by Gasteiger charge is 2.32. The molecule has 5 nitrogen and oxygen atoms in total. The molecule has 2 aromatic rings. The number of rotatable bonds is 4. The Balaban J connectivity index is 2.35. The first-order valence-electron chi connectivity index (χ1n) is 8.58. The van der Waals surface area contributed by atoms with Crippen LogP contribution in [0.2, 0.25) is 0 Å². The SMILES string of the molecule is CC(C)(C)c1c(NC=O)c(=O)n(C2CCCC2)n1-c1ccccc1. The van der Waals surface area contributed by atoms with Gasteiger partial charge in [-0.3, -0.25) is 14.3 Å². The first-order valence-corrected chi connectivity index (χ1v) is 8.58. The second-order valence-electron chi connectivity index (χ2n) is 7.47. The average molecular weight is 327 g/mol. The lowest BCUT2D eigenvalue weighted by Crippen LogP contribution is -2.27. The topological polar surface area (TPSA) is 56.0 Å². The van der Waals surface area contributed by atoms with Crippen LogP contribution >= 0.6 is 0 Å². The van der Waals surface area contributed by atoms with E-state index in [2.05, 4.69) is 26.1 Å². The van der Waals surface area contributed by atoms with E-state index in [1.165, 1.54) is 0 Å². The number of anilines is 1. The van der Waals surface area contributed by atoms with Gasteiger partial charge < -0.3 is 5.32 Å². The molecule has 0 radical (unpaired) electrons. The summed E-state index contributed by atoms with van der Waals surface area (Å²) in [7, 11) is 0. The zero-order chi connectivity index (χ0) is 17.3. The number of hydrogen-bond donors (Lipinski definition) is 1. The molecule has 24 heavy (non-hydrogen) atoms. The fraction of sp³-hybridized carbons (Fsp3) is 0.474. The van der Waals surface area contributed by atoms with Gasteiger partial charge in [0.2, 0.25) is 6.41 Å². The molecule has 0 spiro atoms. The smallest absolute Gasteiger partial charge is 0.291 e. The van der Waals surface area contributed by atoms with Gasteiger partial charge in [0.25, 0.3) is 5.56 Å². The summed E-state index contributed by atoms with van der Waals surface area (Å²) in [6, 6.07) is 10.1. The summed E-state index contributed by atoms with van der Waals surface area (Å²) >= 11 is 0. The number of benzene rings is 1. The van der Waals surface area contributed by atoms with Crippen molar-refractivity contribution < 1.29 is 4.79 Å². The van der Waals surface area contributed by atoms with Crippen molar-refractivity contribution in [2.24, 2.45) is 0 Å². The second kappa shape index (κ2) is 6.30. The molecule has 0 saturated heterocycles. The third-order valence-corrected chi connectivity index (χ3v) is 4.67. The molecule has 1 aliphatic carbocycles. The van der Waals surface area contributed by atoms with E-state index in [1.807, 2.05) is 39.7 Å². The van der Waals surface area contributed by atoms with Crippen molar-refractivity contribution in [3.05, 3.63) is 46.4 Å². The van der Waals surface area contributed by atoms with Crippen LogP contribution in [0.25, 0.3) is 5.69 Å². The van der Waals surface area contributed by atoms with E-state index in [4.69, 9.17) is 0 Å². The number of nitrogens with one attached hydrogen (secondary N) is 1. The molecular weight excluding hydrogens is 302 g/mol. The van der Waals surface area contributed by atoms with Crippen molar-refractivity contribution in [1.82, 2.24) is 9.36 Å². The lowest BCUT2D eigenvalue weighted by Gasteiger charge is -2.25. The number of carbonyl (C=O) groups excluding carboxylic acids is 1. The van der Waals surface area contributed by atoms with Crippen molar-refractivity contribution in [1.29, 1.82) is 0 Å². The maximum absolute atomic E-state index is 13.1. The van der Waals surface area contributed by atoms with Crippen molar-refractivity contribution in [2.75, 3.05) is 5.32 Å². The first-order chi connectivity index (χ1) is 11.4. The number of para-hydroxylation sites is 1. The fourth-order valence-corrected chi connectivity index (χ4v) is 3.70. The molecular formula is C19H25N3O2. The van der Waals surface area contributed by atoms with Crippen LogP contribution in [0, 0.1) is 0 Å². The monoisotopic (exact) mass is 327 g/mol. The average Bonchev–Trinajstić information content (AvgIpc) is 3.15. The molecule has 1 aromatic heterocycles. The van der Waals surface area contributed by atoms with Gasteiger partial charge in [-0.15, -0.1) is 0 Å². The summed E-state index contributed by atoms with van der Waals surface area (Å²) < 4.78 is 3.87. The zero-order valence-electron chi connectivity index (χ0n) is 14.6. The maximum Gasteiger partial charge on any atom is 0.291 e. The number of carbonyl (C=O) groups is 1. The molecule has 1 amide bonds. The summed E-state index contributed by atoms with van der Waals surface area (Å²) in [5.41, 5.74) is 1.80. The van der Waals surface area contributed by atoms with E-state index >= 15 is 0 Å². The van der Waals surface area contributed by atoms with Gasteiger partial charge in [-0.25, -0.2) is 4.68 Å². The lowest BCUT2D eigenvalue weighted by molar-refractivity contribution is -0.105. The van der Waals surface area contributed by atoms with Crippen LogP contribution in [0.4, 0.5) is 5.69 Å². The molecule has 3 rings (SSSR count). The van der Waals surface area contributed by atoms with E-state index in [0.717, 1.165) is 37.1 Å². The van der Waals surface area contributed by atoms with E-state index in [1.54, 1.807) is 0 Å². The van der Waals surface area contributed by atoms with E-state index in [-0.39, 0.29) is 17.0 Å². The Morgan fingerprint density at radius 2 is 1.75 bits per heavy atom. The van der Waals surface area contributed by atoms with Crippen LogP contribution in [0.15, 0.2) is 35.1 Å². The van der Waals surface area contributed by atoms with Gasteiger partial charge in [-0.2, -0.15) is 0 Å². The van der Waals surface area contributed by atoms with Crippen molar-refractivity contribution in [3.63, 3.8) is 0 Å². The highest BCUT2D eigenvalue weighted by molar-refractivity contribution is 5.73. The molecule has 0 aliphatic heterocycles. The lowest BCUT2D eigenvalue weighted by atomic mass is 9.91. The normalized spacial score (nSPS) is 15.6. The van der Waals surface area contributed by atoms with Crippen LogP contribution in [-0.4, -0.2) is 15.8 Å². The number of amides is 1. The van der Waals surface area contributed by atoms with E-state index in [0.29, 0.717) is 12.1 Å². The molecule has 1 fully saturated rings. The zero-order valence-corrected chi connectivity index (χ0v) is 14.6. The molecule has 1 saturated carbocycles. The second-order valence-corrected chi connectivity index (χ2v) is 7.47. The van der Waals surface area contributed by atoms with Crippen LogP contribution in [0.1, 0.15) is 58.2 Å². The van der Waals surface area contributed by atoms with Crippen molar-refractivity contribution >= 4 is 12.1 Å². The van der Waals surface area contributed by atoms with Crippen LogP contribution in [0.3, 0.4) is 0 Å². The van der Waals surface area contributed by atoms with Crippen LogP contribution in [-0.2, 0) is 10.2 Å². The highest BCUT2D eigenvalue weighted by atomic mass is 16.1. The van der Waals surface area contributed by atoms with Gasteiger partial charge in [-0.1, -0.05) is 51.8 Å². The Hall–Kier alpha value is -2.30. The van der Waals surface area contributed by atoms with Gasteiger partial charge in [0, 0.05) is 5.41 Å².